The Morgan fingerprint density at radius 2 is 1.80 bits per heavy atom. The highest BCUT2D eigenvalue weighted by Crippen LogP contribution is 2.45. The zero-order valence-corrected chi connectivity index (χ0v) is 21.7. The number of rotatable bonds is 14. The SMILES string of the molecule is CCCCCCOC[C@@H]1[C@H](C/C=C\CCC(C)(C)C(=O)NOC(=O)c2ccccc2)[C@@H]2CC[C@H]1O2. The minimum atomic E-state index is -0.648. The normalized spacial score (nSPS) is 23.6. The fourth-order valence-corrected chi connectivity index (χ4v) is 5.07. The maximum absolute atomic E-state index is 12.5. The molecule has 0 unspecified atom stereocenters. The number of hydrogen-bond donors (Lipinski definition) is 1. The van der Waals surface area contributed by atoms with Crippen molar-refractivity contribution in [3.05, 3.63) is 48.0 Å². The van der Waals surface area contributed by atoms with E-state index in [1.54, 1.807) is 24.3 Å². The quantitative estimate of drug-likeness (QED) is 0.198. The van der Waals surface area contributed by atoms with Crippen molar-refractivity contribution in [1.29, 1.82) is 0 Å². The number of unbranched alkanes of at least 4 members (excludes halogenated alkanes) is 3. The van der Waals surface area contributed by atoms with Crippen molar-refractivity contribution >= 4 is 11.9 Å². The molecule has 2 fully saturated rings. The van der Waals surface area contributed by atoms with Crippen LogP contribution in [0.15, 0.2) is 42.5 Å². The fraction of sp³-hybridized carbons (Fsp3) is 0.655. The van der Waals surface area contributed by atoms with Crippen LogP contribution in [0.2, 0.25) is 0 Å². The second-order valence-corrected chi connectivity index (χ2v) is 10.6. The molecule has 2 heterocycles. The highest BCUT2D eigenvalue weighted by molar-refractivity contribution is 5.90. The first-order valence-corrected chi connectivity index (χ1v) is 13.4. The number of fused-ring (bicyclic) bond motifs is 2. The lowest BCUT2D eigenvalue weighted by Gasteiger charge is -2.27. The number of benzene rings is 1. The van der Waals surface area contributed by atoms with E-state index in [4.69, 9.17) is 14.3 Å². The van der Waals surface area contributed by atoms with Gasteiger partial charge in [-0.15, -0.1) is 0 Å². The van der Waals surface area contributed by atoms with Crippen molar-refractivity contribution in [3.8, 4) is 0 Å². The molecule has 0 saturated carbocycles. The molecule has 1 N–H and O–H groups in total. The average Bonchev–Trinajstić information content (AvgIpc) is 3.47. The average molecular weight is 486 g/mol. The van der Waals surface area contributed by atoms with Gasteiger partial charge in [-0.3, -0.25) is 4.79 Å². The van der Waals surface area contributed by atoms with Crippen LogP contribution in [0.5, 0.6) is 0 Å². The Kier molecular flexibility index (Phi) is 10.8. The van der Waals surface area contributed by atoms with E-state index >= 15 is 0 Å². The molecule has 6 heteroatoms. The molecule has 0 aliphatic carbocycles. The van der Waals surface area contributed by atoms with Crippen LogP contribution in [-0.4, -0.2) is 37.3 Å². The van der Waals surface area contributed by atoms with Crippen LogP contribution >= 0.6 is 0 Å². The molecule has 0 radical (unpaired) electrons. The van der Waals surface area contributed by atoms with Gasteiger partial charge in [0.2, 0.25) is 0 Å². The number of carbonyl (C=O) groups is 2. The standard InChI is InChI=1S/C29H43NO5/c1-4-5-6-13-20-33-21-24-23(25-17-18-26(24)34-25)16-11-8-12-19-29(2,3)28(32)30-35-27(31)22-14-9-7-10-15-22/h7-11,14-15,23-26H,4-6,12-13,16-21H2,1-3H3,(H,30,32)/b11-8-/t23-,24+,25-,26+/m0/s1. The highest BCUT2D eigenvalue weighted by atomic mass is 16.7. The van der Waals surface area contributed by atoms with Crippen LogP contribution < -0.4 is 5.48 Å². The molecule has 1 aromatic rings. The van der Waals surface area contributed by atoms with Crippen LogP contribution in [0.25, 0.3) is 0 Å². The van der Waals surface area contributed by atoms with Gasteiger partial charge in [-0.05, 0) is 56.6 Å². The zero-order valence-electron chi connectivity index (χ0n) is 21.7. The topological polar surface area (TPSA) is 73.9 Å². The molecular formula is C29H43NO5. The Bertz CT molecular complexity index is 822. The van der Waals surface area contributed by atoms with Gasteiger partial charge in [0.25, 0.3) is 5.91 Å². The van der Waals surface area contributed by atoms with Crippen LogP contribution in [0.1, 0.15) is 88.9 Å². The number of ether oxygens (including phenoxy) is 2. The summed E-state index contributed by atoms with van der Waals surface area (Å²) in [5.74, 6) is 0.149. The molecule has 4 atom stereocenters. The molecule has 0 aromatic heterocycles. The Labute approximate surface area is 210 Å². The van der Waals surface area contributed by atoms with Crippen molar-refractivity contribution in [2.45, 2.75) is 90.8 Å². The van der Waals surface area contributed by atoms with E-state index in [1.807, 2.05) is 19.9 Å². The second-order valence-electron chi connectivity index (χ2n) is 10.6. The molecule has 1 amide bonds. The second kappa shape index (κ2) is 13.8. The minimum absolute atomic E-state index is 0.298. The van der Waals surface area contributed by atoms with Gasteiger partial charge in [0.1, 0.15) is 0 Å². The number of allylic oxidation sites excluding steroid dienone is 2. The Morgan fingerprint density at radius 3 is 2.54 bits per heavy atom. The van der Waals surface area contributed by atoms with Gasteiger partial charge in [-0.1, -0.05) is 70.4 Å². The van der Waals surface area contributed by atoms with Crippen molar-refractivity contribution < 1.29 is 23.9 Å². The van der Waals surface area contributed by atoms with Gasteiger partial charge in [-0.25, -0.2) is 4.79 Å². The summed E-state index contributed by atoms with van der Waals surface area (Å²) in [5.41, 5.74) is 2.08. The smallest absolute Gasteiger partial charge is 0.362 e. The summed E-state index contributed by atoms with van der Waals surface area (Å²) < 4.78 is 12.2. The Morgan fingerprint density at radius 1 is 1.06 bits per heavy atom. The number of nitrogens with one attached hydrogen (secondary N) is 1. The summed E-state index contributed by atoms with van der Waals surface area (Å²) in [6.07, 6.45) is 14.8. The number of hydrogen-bond acceptors (Lipinski definition) is 5. The fourth-order valence-electron chi connectivity index (χ4n) is 5.07. The van der Waals surface area contributed by atoms with E-state index in [1.165, 1.54) is 19.3 Å². The largest absolute Gasteiger partial charge is 0.381 e. The summed E-state index contributed by atoms with van der Waals surface area (Å²) in [6, 6.07) is 8.62. The summed E-state index contributed by atoms with van der Waals surface area (Å²) in [4.78, 5) is 29.6. The molecule has 2 aliphatic heterocycles. The van der Waals surface area contributed by atoms with Crippen molar-refractivity contribution in [1.82, 2.24) is 5.48 Å². The Balaban J connectivity index is 1.36. The lowest BCUT2D eigenvalue weighted by Crippen LogP contribution is -2.38. The van der Waals surface area contributed by atoms with Crippen LogP contribution in [0.3, 0.4) is 0 Å². The van der Waals surface area contributed by atoms with Crippen molar-refractivity contribution in [2.75, 3.05) is 13.2 Å². The van der Waals surface area contributed by atoms with Gasteiger partial charge in [0, 0.05) is 17.9 Å². The summed E-state index contributed by atoms with van der Waals surface area (Å²) in [5, 5.41) is 0. The van der Waals surface area contributed by atoms with E-state index in [-0.39, 0.29) is 5.91 Å². The third kappa shape index (κ3) is 8.18. The van der Waals surface area contributed by atoms with Gasteiger partial charge < -0.3 is 14.3 Å². The minimum Gasteiger partial charge on any atom is -0.381 e. The van der Waals surface area contributed by atoms with Crippen LogP contribution in [0, 0.1) is 17.3 Å². The third-order valence-corrected chi connectivity index (χ3v) is 7.41. The van der Waals surface area contributed by atoms with E-state index < -0.39 is 11.4 Å². The molecule has 0 spiro atoms. The van der Waals surface area contributed by atoms with Crippen molar-refractivity contribution in [3.63, 3.8) is 0 Å². The Hall–Kier alpha value is -2.18. The summed E-state index contributed by atoms with van der Waals surface area (Å²) >= 11 is 0. The van der Waals surface area contributed by atoms with Gasteiger partial charge >= 0.3 is 5.97 Å². The van der Waals surface area contributed by atoms with E-state index in [9.17, 15) is 9.59 Å². The molecule has 1 aromatic carbocycles. The summed E-state index contributed by atoms with van der Waals surface area (Å²) in [6.45, 7) is 7.62. The molecule has 2 bridgehead atoms. The number of amides is 1. The maximum Gasteiger partial charge on any atom is 0.362 e. The number of carbonyl (C=O) groups excluding carboxylic acids is 2. The van der Waals surface area contributed by atoms with Gasteiger partial charge in [0.15, 0.2) is 0 Å². The van der Waals surface area contributed by atoms with Gasteiger partial charge in [-0.2, -0.15) is 5.48 Å². The van der Waals surface area contributed by atoms with Crippen molar-refractivity contribution in [2.24, 2.45) is 17.3 Å². The first-order chi connectivity index (χ1) is 16.9. The molecule has 2 aliphatic rings. The number of hydroxylamine groups is 1. The third-order valence-electron chi connectivity index (χ3n) is 7.41. The predicted molar refractivity (Wildman–Crippen MR) is 137 cm³/mol. The first-order valence-electron chi connectivity index (χ1n) is 13.4. The molecular weight excluding hydrogens is 442 g/mol. The molecule has 3 rings (SSSR count). The summed E-state index contributed by atoms with van der Waals surface area (Å²) in [7, 11) is 0. The van der Waals surface area contributed by atoms with E-state index in [0.717, 1.165) is 45.3 Å². The monoisotopic (exact) mass is 485 g/mol. The van der Waals surface area contributed by atoms with E-state index in [2.05, 4.69) is 24.6 Å². The predicted octanol–water partition coefficient (Wildman–Crippen LogP) is 6.02. The molecule has 194 valence electrons. The highest BCUT2D eigenvalue weighted by Gasteiger charge is 2.48. The molecule has 2 saturated heterocycles. The zero-order chi connectivity index (χ0) is 25.1. The lowest BCUT2D eigenvalue weighted by molar-refractivity contribution is -0.139. The lowest BCUT2D eigenvalue weighted by atomic mass is 9.78. The first kappa shape index (κ1) is 27.4. The van der Waals surface area contributed by atoms with Gasteiger partial charge in [0.05, 0.1) is 24.4 Å². The van der Waals surface area contributed by atoms with Crippen LogP contribution in [0.4, 0.5) is 0 Å². The van der Waals surface area contributed by atoms with E-state index in [0.29, 0.717) is 36.0 Å². The van der Waals surface area contributed by atoms with Crippen LogP contribution in [-0.2, 0) is 19.1 Å². The molecule has 6 nitrogen and oxygen atoms in total. The maximum atomic E-state index is 12.5. The molecule has 35 heavy (non-hydrogen) atoms.